The fourth-order valence-electron chi connectivity index (χ4n) is 2.57. The van der Waals surface area contributed by atoms with Crippen molar-refractivity contribution in [2.45, 2.75) is 23.9 Å². The van der Waals surface area contributed by atoms with Crippen molar-refractivity contribution >= 4 is 21.6 Å². The number of rotatable bonds is 9. The van der Waals surface area contributed by atoms with Gasteiger partial charge in [0, 0.05) is 25.7 Å². The van der Waals surface area contributed by atoms with Crippen LogP contribution in [-0.2, 0) is 14.8 Å². The van der Waals surface area contributed by atoms with Gasteiger partial charge in [-0.1, -0.05) is 0 Å². The number of anilines is 1. The number of hydrogen-bond acceptors (Lipinski definition) is 5. The van der Waals surface area contributed by atoms with Gasteiger partial charge >= 0.3 is 6.18 Å². The molecule has 32 heavy (non-hydrogen) atoms. The molecule has 0 aromatic heterocycles. The maximum Gasteiger partial charge on any atom is 0.422 e. The Hall–Kier alpha value is -3.17. The summed E-state index contributed by atoms with van der Waals surface area (Å²) < 4.78 is 80.2. The minimum atomic E-state index is -4.56. The number of benzene rings is 2. The first kappa shape index (κ1) is 25.1. The number of alkyl halides is 3. The fraction of sp³-hybridized carbons (Fsp3) is 0.300. The van der Waals surface area contributed by atoms with Crippen LogP contribution in [0.5, 0.6) is 5.75 Å². The zero-order valence-corrected chi connectivity index (χ0v) is 17.6. The Kier molecular flexibility index (Phi) is 8.18. The van der Waals surface area contributed by atoms with Crippen LogP contribution >= 0.6 is 0 Å². The van der Waals surface area contributed by atoms with Gasteiger partial charge < -0.3 is 10.1 Å². The molecule has 0 bridgehead atoms. The summed E-state index contributed by atoms with van der Waals surface area (Å²) in [4.78, 5) is 12.0. The van der Waals surface area contributed by atoms with E-state index in [1.165, 1.54) is 19.2 Å². The Labute approximate surface area is 182 Å². The predicted molar refractivity (Wildman–Crippen MR) is 107 cm³/mol. The van der Waals surface area contributed by atoms with Crippen molar-refractivity contribution in [3.63, 3.8) is 0 Å². The molecule has 1 N–H and O–H groups in total. The second-order valence-electron chi connectivity index (χ2n) is 6.66. The number of nitrogens with one attached hydrogen (secondary N) is 1. The van der Waals surface area contributed by atoms with Gasteiger partial charge in [-0.25, -0.2) is 17.1 Å². The molecule has 0 aliphatic carbocycles. The van der Waals surface area contributed by atoms with Crippen LogP contribution in [0.3, 0.4) is 0 Å². The Balaban J connectivity index is 1.90. The highest BCUT2D eigenvalue weighted by Gasteiger charge is 2.29. The zero-order chi connectivity index (χ0) is 23.9. The molecule has 0 radical (unpaired) electrons. The van der Waals surface area contributed by atoms with E-state index in [4.69, 9.17) is 5.26 Å². The summed E-state index contributed by atoms with van der Waals surface area (Å²) in [6, 6.07) is 9.65. The first-order chi connectivity index (χ1) is 14.9. The average Bonchev–Trinajstić information content (AvgIpc) is 2.72. The van der Waals surface area contributed by atoms with E-state index in [0.29, 0.717) is 0 Å². The number of carbonyl (C=O) groups excluding carboxylic acids is 1. The number of halogens is 4. The van der Waals surface area contributed by atoms with E-state index in [1.807, 2.05) is 0 Å². The van der Waals surface area contributed by atoms with E-state index >= 15 is 0 Å². The summed E-state index contributed by atoms with van der Waals surface area (Å²) in [7, 11) is -2.51. The molecule has 7 nitrogen and oxygen atoms in total. The predicted octanol–water partition coefficient (Wildman–Crippen LogP) is 3.68. The molecule has 0 aliphatic heterocycles. The van der Waals surface area contributed by atoms with Gasteiger partial charge in [0.25, 0.3) is 0 Å². The minimum Gasteiger partial charge on any atom is -0.483 e. The molecule has 0 saturated carbocycles. The highest BCUT2D eigenvalue weighted by molar-refractivity contribution is 7.89. The molecule has 172 valence electrons. The summed E-state index contributed by atoms with van der Waals surface area (Å²) in [5.74, 6) is -1.32. The lowest BCUT2D eigenvalue weighted by atomic mass is 10.2. The molecule has 2 aromatic rings. The number of amides is 1. The van der Waals surface area contributed by atoms with Crippen LogP contribution in [-0.4, -0.2) is 45.0 Å². The van der Waals surface area contributed by atoms with Crippen molar-refractivity contribution in [1.82, 2.24) is 4.31 Å². The lowest BCUT2D eigenvalue weighted by Gasteiger charge is -2.17. The largest absolute Gasteiger partial charge is 0.483 e. The van der Waals surface area contributed by atoms with Crippen molar-refractivity contribution in [3.8, 4) is 11.8 Å². The Morgan fingerprint density at radius 2 is 1.84 bits per heavy atom. The first-order valence-corrected chi connectivity index (χ1v) is 10.6. The quantitative estimate of drug-likeness (QED) is 0.560. The maximum absolute atomic E-state index is 13.0. The van der Waals surface area contributed by atoms with E-state index in [1.54, 1.807) is 6.07 Å². The number of nitrogens with zero attached hydrogens (tertiary/aromatic N) is 2. The molecule has 0 aliphatic rings. The monoisotopic (exact) mass is 473 g/mol. The van der Waals surface area contributed by atoms with Gasteiger partial charge in [0.15, 0.2) is 6.61 Å². The number of hydrogen-bond donors (Lipinski definition) is 1. The summed E-state index contributed by atoms with van der Waals surface area (Å²) in [5, 5.41) is 11.6. The van der Waals surface area contributed by atoms with Crippen LogP contribution in [0.15, 0.2) is 47.4 Å². The molecule has 1 amide bonds. The molecule has 0 atom stereocenters. The Bertz CT molecular complexity index is 1100. The minimum absolute atomic E-state index is 0.0147. The highest BCUT2D eigenvalue weighted by Crippen LogP contribution is 2.25. The molecule has 2 aromatic carbocycles. The second kappa shape index (κ2) is 10.4. The summed E-state index contributed by atoms with van der Waals surface area (Å²) in [6.45, 7) is -1.54. The van der Waals surface area contributed by atoms with Gasteiger partial charge in [-0.15, -0.1) is 0 Å². The standard InChI is InChI=1S/C20H19F4N3O4S/c1-27(32(29,30)17-7-4-15(21)5-8-17)10-2-3-19(28)26-16-6-9-18(14(11-16)12-25)31-13-20(22,23)24/h4-9,11H,2-3,10,13H2,1H3,(H,26,28). The molecule has 0 spiro atoms. The van der Waals surface area contributed by atoms with E-state index in [9.17, 15) is 30.8 Å². The molecule has 0 heterocycles. The molecule has 12 heteroatoms. The van der Waals surface area contributed by atoms with Gasteiger partial charge in [-0.3, -0.25) is 4.79 Å². The van der Waals surface area contributed by atoms with Crippen molar-refractivity contribution in [2.24, 2.45) is 0 Å². The maximum atomic E-state index is 13.0. The van der Waals surface area contributed by atoms with Crippen LogP contribution in [0.1, 0.15) is 18.4 Å². The van der Waals surface area contributed by atoms with Gasteiger partial charge in [0.2, 0.25) is 15.9 Å². The third kappa shape index (κ3) is 7.21. The summed E-state index contributed by atoms with van der Waals surface area (Å²) in [6.07, 6.45) is -4.45. The number of ether oxygens (including phenoxy) is 1. The highest BCUT2D eigenvalue weighted by atomic mass is 32.2. The number of nitriles is 1. The Morgan fingerprint density at radius 3 is 2.44 bits per heavy atom. The van der Waals surface area contributed by atoms with Gasteiger partial charge in [0.05, 0.1) is 10.5 Å². The van der Waals surface area contributed by atoms with Crippen molar-refractivity contribution in [3.05, 3.63) is 53.8 Å². The van der Waals surface area contributed by atoms with Gasteiger partial charge in [-0.2, -0.15) is 18.4 Å². The van der Waals surface area contributed by atoms with Crippen LogP contribution in [0.4, 0.5) is 23.2 Å². The lowest BCUT2D eigenvalue weighted by molar-refractivity contribution is -0.153. The van der Waals surface area contributed by atoms with Gasteiger partial charge in [-0.05, 0) is 48.9 Å². The second-order valence-corrected chi connectivity index (χ2v) is 8.70. The van der Waals surface area contributed by atoms with E-state index < -0.39 is 34.5 Å². The summed E-state index contributed by atoms with van der Waals surface area (Å²) >= 11 is 0. The van der Waals surface area contributed by atoms with Crippen molar-refractivity contribution in [1.29, 1.82) is 5.26 Å². The van der Waals surface area contributed by atoms with Crippen LogP contribution < -0.4 is 10.1 Å². The fourth-order valence-corrected chi connectivity index (χ4v) is 3.78. The zero-order valence-electron chi connectivity index (χ0n) is 16.8. The summed E-state index contributed by atoms with van der Waals surface area (Å²) in [5.41, 5.74) is -0.00429. The number of carbonyl (C=O) groups is 1. The van der Waals surface area contributed by atoms with E-state index in [0.717, 1.165) is 34.6 Å². The smallest absolute Gasteiger partial charge is 0.422 e. The topological polar surface area (TPSA) is 99.5 Å². The molecular weight excluding hydrogens is 454 g/mol. The lowest BCUT2D eigenvalue weighted by Crippen LogP contribution is -2.28. The van der Waals surface area contributed by atoms with E-state index in [2.05, 4.69) is 10.1 Å². The van der Waals surface area contributed by atoms with E-state index in [-0.39, 0.29) is 41.3 Å². The molecule has 2 rings (SSSR count). The van der Waals surface area contributed by atoms with Crippen LogP contribution in [0.2, 0.25) is 0 Å². The van der Waals surface area contributed by atoms with Crippen LogP contribution in [0, 0.1) is 17.1 Å². The van der Waals surface area contributed by atoms with Crippen molar-refractivity contribution in [2.75, 3.05) is 25.5 Å². The molecule has 0 fully saturated rings. The third-order valence-electron chi connectivity index (χ3n) is 4.17. The average molecular weight is 473 g/mol. The third-order valence-corrected chi connectivity index (χ3v) is 6.04. The first-order valence-electron chi connectivity index (χ1n) is 9.18. The SMILES string of the molecule is CN(CCCC(=O)Nc1ccc(OCC(F)(F)F)c(C#N)c1)S(=O)(=O)c1ccc(F)cc1. The molecular formula is C20H19F4N3O4S. The normalized spacial score (nSPS) is 11.8. The molecule has 0 unspecified atom stereocenters. The molecule has 0 saturated heterocycles. The van der Waals surface area contributed by atoms with Crippen LogP contribution in [0.25, 0.3) is 0 Å². The Morgan fingerprint density at radius 1 is 1.19 bits per heavy atom. The van der Waals surface area contributed by atoms with Gasteiger partial charge in [0.1, 0.15) is 17.6 Å². The van der Waals surface area contributed by atoms with Crippen molar-refractivity contribution < 1.29 is 35.5 Å². The number of sulfonamides is 1.